The van der Waals surface area contributed by atoms with Gasteiger partial charge in [0.15, 0.2) is 11.6 Å². The van der Waals surface area contributed by atoms with Crippen LogP contribution in [-0.4, -0.2) is 12.0 Å². The van der Waals surface area contributed by atoms with Gasteiger partial charge in [-0.05, 0) is 18.2 Å². The highest BCUT2D eigenvalue weighted by Crippen LogP contribution is 2.20. The largest absolute Gasteiger partial charge is 0.388 e. The number of aromatic nitrogens is 1. The molecule has 0 spiro atoms. The molecule has 0 saturated carbocycles. The van der Waals surface area contributed by atoms with E-state index < -0.39 is 5.82 Å². The van der Waals surface area contributed by atoms with Gasteiger partial charge in [-0.25, -0.2) is 9.37 Å². The van der Waals surface area contributed by atoms with Crippen molar-refractivity contribution in [3.63, 3.8) is 0 Å². The zero-order chi connectivity index (χ0) is 10.1. The van der Waals surface area contributed by atoms with Gasteiger partial charge < -0.3 is 11.1 Å². The normalized spacial score (nSPS) is 10.4. The minimum absolute atomic E-state index is 0.0641. The zero-order valence-corrected chi connectivity index (χ0v) is 7.71. The summed E-state index contributed by atoms with van der Waals surface area (Å²) in [5.74, 6) is -0.541. The lowest BCUT2D eigenvalue weighted by Gasteiger charge is -2.03. The second-order valence-electron chi connectivity index (χ2n) is 3.01. The number of anilines is 2. The average molecular weight is 191 g/mol. The van der Waals surface area contributed by atoms with Gasteiger partial charge in [0.25, 0.3) is 0 Å². The van der Waals surface area contributed by atoms with Crippen molar-refractivity contribution in [2.45, 2.75) is 0 Å². The van der Waals surface area contributed by atoms with Gasteiger partial charge in [-0.1, -0.05) is 6.07 Å². The van der Waals surface area contributed by atoms with Crippen LogP contribution < -0.4 is 11.1 Å². The third-order valence-corrected chi connectivity index (χ3v) is 2.09. The Balaban J connectivity index is 2.70. The Morgan fingerprint density at radius 2 is 2.14 bits per heavy atom. The van der Waals surface area contributed by atoms with Crippen LogP contribution in [0, 0.1) is 5.82 Å². The maximum absolute atomic E-state index is 13.0. The highest BCUT2D eigenvalue weighted by molar-refractivity contribution is 5.83. The predicted octanol–water partition coefficient (Wildman–Crippen LogP) is 2.00. The van der Waals surface area contributed by atoms with Crippen molar-refractivity contribution in [2.24, 2.45) is 0 Å². The van der Waals surface area contributed by atoms with Crippen molar-refractivity contribution >= 4 is 22.4 Å². The number of hydrogen-bond donors (Lipinski definition) is 2. The van der Waals surface area contributed by atoms with Gasteiger partial charge in [-0.3, -0.25) is 0 Å². The van der Waals surface area contributed by atoms with Crippen LogP contribution in [0.15, 0.2) is 24.3 Å². The maximum atomic E-state index is 13.0. The summed E-state index contributed by atoms with van der Waals surface area (Å²) in [5.41, 5.74) is 6.99. The third-order valence-electron chi connectivity index (χ3n) is 2.09. The van der Waals surface area contributed by atoms with Crippen molar-refractivity contribution in [3.8, 4) is 0 Å². The summed E-state index contributed by atoms with van der Waals surface area (Å²) in [4.78, 5) is 3.95. The topological polar surface area (TPSA) is 50.9 Å². The average Bonchev–Trinajstić information content (AvgIpc) is 2.19. The Morgan fingerprint density at radius 1 is 1.36 bits per heavy atom. The van der Waals surface area contributed by atoms with E-state index in [1.807, 2.05) is 19.2 Å². The SMILES string of the molecule is CNc1ccc2cc(F)c(N)nc2c1. The minimum Gasteiger partial charge on any atom is -0.388 e. The first-order valence-electron chi connectivity index (χ1n) is 4.24. The number of fused-ring (bicyclic) bond motifs is 1. The molecule has 0 fully saturated rings. The van der Waals surface area contributed by atoms with E-state index in [0.717, 1.165) is 11.1 Å². The number of halogens is 1. The molecule has 1 aromatic carbocycles. The summed E-state index contributed by atoms with van der Waals surface area (Å²) >= 11 is 0. The molecular weight excluding hydrogens is 181 g/mol. The number of hydrogen-bond acceptors (Lipinski definition) is 3. The number of pyridine rings is 1. The van der Waals surface area contributed by atoms with Crippen LogP contribution >= 0.6 is 0 Å². The molecule has 0 bridgehead atoms. The molecule has 1 aromatic heterocycles. The standard InChI is InChI=1S/C10H10FN3/c1-13-7-3-2-6-4-8(11)10(12)14-9(6)5-7/h2-5,13H,1H3,(H2,12,14). The first-order valence-corrected chi connectivity index (χ1v) is 4.24. The fourth-order valence-corrected chi connectivity index (χ4v) is 1.31. The quantitative estimate of drug-likeness (QED) is 0.724. The van der Waals surface area contributed by atoms with Gasteiger partial charge >= 0.3 is 0 Å². The number of nitrogens with zero attached hydrogens (tertiary/aromatic N) is 1. The maximum Gasteiger partial charge on any atom is 0.165 e. The van der Waals surface area contributed by atoms with E-state index in [2.05, 4.69) is 10.3 Å². The van der Waals surface area contributed by atoms with E-state index in [1.54, 1.807) is 6.07 Å². The molecule has 0 aliphatic rings. The molecule has 0 aliphatic carbocycles. The monoisotopic (exact) mass is 191 g/mol. The highest BCUT2D eigenvalue weighted by atomic mass is 19.1. The number of nitrogens with two attached hydrogens (primary N) is 1. The number of rotatable bonds is 1. The summed E-state index contributed by atoms with van der Waals surface area (Å²) in [6.45, 7) is 0. The first-order chi connectivity index (χ1) is 6.70. The summed E-state index contributed by atoms with van der Waals surface area (Å²) in [6.07, 6.45) is 0. The smallest absolute Gasteiger partial charge is 0.165 e. The first kappa shape index (κ1) is 8.74. The van der Waals surface area contributed by atoms with Crippen LogP contribution in [-0.2, 0) is 0 Å². The van der Waals surface area contributed by atoms with E-state index in [4.69, 9.17) is 5.73 Å². The second kappa shape index (κ2) is 3.14. The van der Waals surface area contributed by atoms with Crippen molar-refractivity contribution in [3.05, 3.63) is 30.1 Å². The van der Waals surface area contributed by atoms with Crippen LogP contribution in [0.4, 0.5) is 15.9 Å². The third kappa shape index (κ3) is 1.35. The number of benzene rings is 1. The fourth-order valence-electron chi connectivity index (χ4n) is 1.31. The molecule has 0 radical (unpaired) electrons. The molecule has 0 unspecified atom stereocenters. The molecule has 2 aromatic rings. The molecule has 1 heterocycles. The molecule has 72 valence electrons. The molecule has 14 heavy (non-hydrogen) atoms. The summed E-state index contributed by atoms with van der Waals surface area (Å²) in [6, 6.07) is 6.87. The van der Waals surface area contributed by atoms with Crippen molar-refractivity contribution < 1.29 is 4.39 Å². The molecule has 3 nitrogen and oxygen atoms in total. The molecule has 0 saturated heterocycles. The van der Waals surface area contributed by atoms with Crippen molar-refractivity contribution in [1.29, 1.82) is 0 Å². The van der Waals surface area contributed by atoms with Crippen LogP contribution in [0.5, 0.6) is 0 Å². The van der Waals surface area contributed by atoms with Gasteiger partial charge in [0.2, 0.25) is 0 Å². The second-order valence-corrected chi connectivity index (χ2v) is 3.01. The minimum atomic E-state index is -0.477. The highest BCUT2D eigenvalue weighted by Gasteiger charge is 2.03. The van der Waals surface area contributed by atoms with Gasteiger partial charge in [0.1, 0.15) is 0 Å². The van der Waals surface area contributed by atoms with E-state index in [9.17, 15) is 4.39 Å². The van der Waals surface area contributed by atoms with Crippen LogP contribution in [0.3, 0.4) is 0 Å². The molecule has 3 N–H and O–H groups in total. The zero-order valence-electron chi connectivity index (χ0n) is 7.71. The van der Waals surface area contributed by atoms with Gasteiger partial charge in [0.05, 0.1) is 5.52 Å². The molecular formula is C10H10FN3. The van der Waals surface area contributed by atoms with E-state index in [-0.39, 0.29) is 5.82 Å². The summed E-state index contributed by atoms with van der Waals surface area (Å²) in [7, 11) is 1.81. The Morgan fingerprint density at radius 3 is 2.86 bits per heavy atom. The molecule has 4 heteroatoms. The molecule has 0 atom stereocenters. The van der Waals surface area contributed by atoms with Crippen molar-refractivity contribution in [2.75, 3.05) is 18.1 Å². The van der Waals surface area contributed by atoms with Gasteiger partial charge in [-0.2, -0.15) is 0 Å². The lowest BCUT2D eigenvalue weighted by Crippen LogP contribution is -1.96. The lowest BCUT2D eigenvalue weighted by atomic mass is 10.2. The number of nitrogens with one attached hydrogen (secondary N) is 1. The molecule has 0 amide bonds. The number of nitrogen functional groups attached to an aromatic ring is 1. The Labute approximate surface area is 80.8 Å². The van der Waals surface area contributed by atoms with Crippen LogP contribution in [0.2, 0.25) is 0 Å². The van der Waals surface area contributed by atoms with E-state index in [0.29, 0.717) is 5.52 Å². The van der Waals surface area contributed by atoms with Gasteiger partial charge in [0, 0.05) is 18.1 Å². The van der Waals surface area contributed by atoms with E-state index in [1.165, 1.54) is 6.07 Å². The van der Waals surface area contributed by atoms with Crippen molar-refractivity contribution in [1.82, 2.24) is 4.98 Å². The molecule has 0 aliphatic heterocycles. The summed E-state index contributed by atoms with van der Waals surface area (Å²) < 4.78 is 13.0. The molecule has 2 rings (SSSR count). The van der Waals surface area contributed by atoms with Crippen LogP contribution in [0.25, 0.3) is 10.9 Å². The van der Waals surface area contributed by atoms with Gasteiger partial charge in [-0.15, -0.1) is 0 Å². The Bertz CT molecular complexity index is 482. The Kier molecular flexibility index (Phi) is 1.96. The van der Waals surface area contributed by atoms with Crippen LogP contribution in [0.1, 0.15) is 0 Å². The van der Waals surface area contributed by atoms with E-state index >= 15 is 0 Å². The lowest BCUT2D eigenvalue weighted by molar-refractivity contribution is 0.630. The Hall–Kier alpha value is -1.84. The predicted molar refractivity (Wildman–Crippen MR) is 55.7 cm³/mol. The summed E-state index contributed by atoms with van der Waals surface area (Å²) in [5, 5.41) is 3.72. The fraction of sp³-hybridized carbons (Fsp3) is 0.100.